The van der Waals surface area contributed by atoms with E-state index < -0.39 is 0 Å². The van der Waals surface area contributed by atoms with Crippen LogP contribution in [0.25, 0.3) is 0 Å². The Kier molecular flexibility index (Phi) is 4.54. The number of hydrogen-bond acceptors (Lipinski definition) is 5. The van der Waals surface area contributed by atoms with Crippen molar-refractivity contribution >= 4 is 5.91 Å². The van der Waals surface area contributed by atoms with E-state index in [9.17, 15) is 4.79 Å². The van der Waals surface area contributed by atoms with Gasteiger partial charge in [0.1, 0.15) is 0 Å². The van der Waals surface area contributed by atoms with Gasteiger partial charge < -0.3 is 10.0 Å². The first kappa shape index (κ1) is 16.0. The highest BCUT2D eigenvalue weighted by molar-refractivity contribution is 5.80. The van der Waals surface area contributed by atoms with Gasteiger partial charge in [-0.2, -0.15) is 0 Å². The molecule has 4 atom stereocenters. The molecular formula is C17H27N5O2. The fraction of sp³-hybridized carbons (Fsp3) is 0.824. The van der Waals surface area contributed by atoms with Gasteiger partial charge in [-0.25, -0.2) is 0 Å². The van der Waals surface area contributed by atoms with Gasteiger partial charge in [0.25, 0.3) is 0 Å². The van der Waals surface area contributed by atoms with E-state index in [1.807, 2.05) is 10.9 Å². The molecule has 4 aliphatic heterocycles. The van der Waals surface area contributed by atoms with E-state index in [-0.39, 0.29) is 12.5 Å². The van der Waals surface area contributed by atoms with E-state index in [0.717, 1.165) is 64.1 Å². The van der Waals surface area contributed by atoms with E-state index in [2.05, 4.69) is 20.1 Å². The molecular weight excluding hydrogens is 306 g/mol. The summed E-state index contributed by atoms with van der Waals surface area (Å²) in [5.74, 6) is 1.12. The Hall–Kier alpha value is -1.47. The molecule has 4 aliphatic rings. The Morgan fingerprint density at radius 2 is 2.12 bits per heavy atom. The number of amides is 1. The first-order valence-electron chi connectivity index (χ1n) is 9.27. The Bertz CT molecular complexity index is 583. The van der Waals surface area contributed by atoms with Gasteiger partial charge in [0, 0.05) is 44.9 Å². The number of hydrogen-bond donors (Lipinski definition) is 1. The molecule has 5 heterocycles. The number of carbonyl (C=O) groups is 1. The summed E-state index contributed by atoms with van der Waals surface area (Å²) >= 11 is 0. The molecule has 5 rings (SSSR count). The van der Waals surface area contributed by atoms with E-state index in [4.69, 9.17) is 5.11 Å². The molecule has 7 nitrogen and oxygen atoms in total. The number of fused-ring (bicyclic) bond motifs is 3. The number of carbonyl (C=O) groups excluding carboxylic acids is 1. The van der Waals surface area contributed by atoms with Gasteiger partial charge in [0.15, 0.2) is 0 Å². The maximum absolute atomic E-state index is 12.8. The zero-order chi connectivity index (χ0) is 16.5. The predicted molar refractivity (Wildman–Crippen MR) is 88.2 cm³/mol. The van der Waals surface area contributed by atoms with E-state index in [0.29, 0.717) is 24.3 Å². The van der Waals surface area contributed by atoms with Crippen LogP contribution in [0.3, 0.4) is 0 Å². The maximum Gasteiger partial charge on any atom is 0.227 e. The highest BCUT2D eigenvalue weighted by Crippen LogP contribution is 2.38. The van der Waals surface area contributed by atoms with Crippen molar-refractivity contribution in [2.45, 2.75) is 44.7 Å². The Morgan fingerprint density at radius 1 is 1.29 bits per heavy atom. The third-order valence-corrected chi connectivity index (χ3v) is 5.97. The molecule has 1 amide bonds. The normalized spacial score (nSPS) is 32.5. The Labute approximate surface area is 142 Å². The first-order valence-corrected chi connectivity index (χ1v) is 9.27. The van der Waals surface area contributed by atoms with Crippen LogP contribution in [0.4, 0.5) is 0 Å². The largest absolute Gasteiger partial charge is 0.396 e. The van der Waals surface area contributed by atoms with Gasteiger partial charge in [0.05, 0.1) is 18.2 Å². The topological polar surface area (TPSA) is 74.5 Å². The van der Waals surface area contributed by atoms with Crippen LogP contribution in [0.2, 0.25) is 0 Å². The molecule has 1 N–H and O–H groups in total. The minimum Gasteiger partial charge on any atom is -0.396 e. The summed E-state index contributed by atoms with van der Waals surface area (Å²) in [6, 6.07) is 0.454. The molecule has 0 aliphatic carbocycles. The molecule has 0 saturated carbocycles. The van der Waals surface area contributed by atoms with Gasteiger partial charge in [0.2, 0.25) is 5.91 Å². The fourth-order valence-corrected chi connectivity index (χ4v) is 4.65. The second kappa shape index (κ2) is 6.80. The van der Waals surface area contributed by atoms with Gasteiger partial charge >= 0.3 is 0 Å². The molecule has 0 spiro atoms. The van der Waals surface area contributed by atoms with Crippen LogP contribution in [-0.2, 0) is 17.8 Å². The van der Waals surface area contributed by atoms with Crippen molar-refractivity contribution < 1.29 is 9.90 Å². The highest BCUT2D eigenvalue weighted by Gasteiger charge is 2.44. The van der Waals surface area contributed by atoms with Gasteiger partial charge in [-0.3, -0.25) is 14.4 Å². The second-order valence-corrected chi connectivity index (χ2v) is 7.48. The van der Waals surface area contributed by atoms with Crippen LogP contribution < -0.4 is 0 Å². The molecule has 4 saturated heterocycles. The van der Waals surface area contributed by atoms with Crippen molar-refractivity contribution in [2.24, 2.45) is 11.8 Å². The van der Waals surface area contributed by atoms with Crippen LogP contribution >= 0.6 is 0 Å². The number of piperidine rings is 3. The third kappa shape index (κ3) is 3.07. The van der Waals surface area contributed by atoms with Gasteiger partial charge in [-0.15, -0.1) is 5.10 Å². The number of aromatic nitrogens is 3. The van der Waals surface area contributed by atoms with Gasteiger partial charge in [-0.1, -0.05) is 5.21 Å². The van der Waals surface area contributed by atoms with Crippen LogP contribution in [0.1, 0.15) is 31.4 Å². The van der Waals surface area contributed by atoms with Crippen LogP contribution in [0, 0.1) is 11.8 Å². The number of nitrogens with zero attached hydrogens (tertiary/aromatic N) is 5. The number of aliphatic hydroxyl groups is 1. The van der Waals surface area contributed by atoms with Crippen molar-refractivity contribution in [3.63, 3.8) is 0 Å². The minimum atomic E-state index is 0.108. The smallest absolute Gasteiger partial charge is 0.227 e. The minimum absolute atomic E-state index is 0.108. The third-order valence-electron chi connectivity index (χ3n) is 5.97. The molecule has 1 aromatic rings. The summed E-state index contributed by atoms with van der Waals surface area (Å²) in [7, 11) is 0. The van der Waals surface area contributed by atoms with Crippen LogP contribution in [0.15, 0.2) is 6.20 Å². The highest BCUT2D eigenvalue weighted by atomic mass is 16.3. The SMILES string of the molecule is O=C([C@H]1CN2CC[C@H]1C[C@@H]2Cn1cc(CCO)nn1)N1CCCC1. The summed E-state index contributed by atoms with van der Waals surface area (Å²) in [5, 5.41) is 17.3. The zero-order valence-corrected chi connectivity index (χ0v) is 14.2. The quantitative estimate of drug-likeness (QED) is 0.830. The number of aliphatic hydroxyl groups excluding tert-OH is 1. The molecule has 1 unspecified atom stereocenters. The zero-order valence-electron chi connectivity index (χ0n) is 14.2. The molecule has 1 aromatic heterocycles. The average molecular weight is 333 g/mol. The van der Waals surface area contributed by atoms with Crippen molar-refractivity contribution in [1.29, 1.82) is 0 Å². The monoisotopic (exact) mass is 333 g/mol. The first-order chi connectivity index (χ1) is 11.7. The molecule has 0 radical (unpaired) electrons. The molecule has 7 heteroatoms. The van der Waals surface area contributed by atoms with E-state index in [1.165, 1.54) is 0 Å². The Balaban J connectivity index is 1.38. The van der Waals surface area contributed by atoms with Crippen LogP contribution in [-0.4, -0.2) is 74.6 Å². The van der Waals surface area contributed by atoms with Crippen molar-refractivity contribution in [1.82, 2.24) is 24.8 Å². The van der Waals surface area contributed by atoms with Crippen molar-refractivity contribution in [3.8, 4) is 0 Å². The molecule has 24 heavy (non-hydrogen) atoms. The summed E-state index contributed by atoms with van der Waals surface area (Å²) < 4.78 is 1.90. The summed E-state index contributed by atoms with van der Waals surface area (Å²) in [6.45, 7) is 4.85. The summed E-state index contributed by atoms with van der Waals surface area (Å²) in [5.41, 5.74) is 0.843. The molecule has 0 aromatic carbocycles. The summed E-state index contributed by atoms with van der Waals surface area (Å²) in [4.78, 5) is 17.3. The van der Waals surface area contributed by atoms with Crippen LogP contribution in [0.5, 0.6) is 0 Å². The summed E-state index contributed by atoms with van der Waals surface area (Å²) in [6.07, 6.45) is 7.05. The van der Waals surface area contributed by atoms with E-state index >= 15 is 0 Å². The predicted octanol–water partition coefficient (Wildman–Crippen LogP) is 0.146. The lowest BCUT2D eigenvalue weighted by Crippen LogP contribution is -2.58. The number of likely N-dealkylation sites (tertiary alicyclic amines) is 1. The lowest BCUT2D eigenvalue weighted by atomic mass is 9.75. The molecule has 2 bridgehead atoms. The van der Waals surface area contributed by atoms with Crippen molar-refractivity contribution in [3.05, 3.63) is 11.9 Å². The molecule has 132 valence electrons. The Morgan fingerprint density at radius 3 is 2.83 bits per heavy atom. The standard InChI is InChI=1S/C17H27N5O2/c23-8-4-14-10-22(19-18-14)11-15-9-13-3-7-21(15)12-16(13)17(24)20-5-1-2-6-20/h10,13,15-16,23H,1-9,11-12H2/t13-,15+,16-/m0/s1. The lowest BCUT2D eigenvalue weighted by molar-refractivity contribution is -0.142. The lowest BCUT2D eigenvalue weighted by Gasteiger charge is -2.49. The molecule has 4 fully saturated rings. The number of rotatable bonds is 5. The maximum atomic E-state index is 12.8. The second-order valence-electron chi connectivity index (χ2n) is 7.48. The van der Waals surface area contributed by atoms with E-state index in [1.54, 1.807) is 0 Å². The average Bonchev–Trinajstić information content (AvgIpc) is 3.27. The van der Waals surface area contributed by atoms with Crippen molar-refractivity contribution in [2.75, 3.05) is 32.8 Å². The fourth-order valence-electron chi connectivity index (χ4n) is 4.65. The van der Waals surface area contributed by atoms with Gasteiger partial charge in [-0.05, 0) is 38.1 Å².